The van der Waals surface area contributed by atoms with Gasteiger partial charge in [0, 0.05) is 48.2 Å². The van der Waals surface area contributed by atoms with E-state index in [4.69, 9.17) is 0 Å². The molecule has 0 radical (unpaired) electrons. The van der Waals surface area contributed by atoms with Gasteiger partial charge in [-0.2, -0.15) is 23.5 Å². The van der Waals surface area contributed by atoms with Crippen LogP contribution >= 0.6 is 23.5 Å². The number of carbonyl (C=O) groups excluding carboxylic acids is 1. The third kappa shape index (κ3) is 5.47. The molecule has 1 aliphatic heterocycles. The van der Waals surface area contributed by atoms with Crippen molar-refractivity contribution in [3.05, 3.63) is 29.8 Å². The van der Waals surface area contributed by atoms with Crippen LogP contribution in [0, 0.1) is 0 Å². The molecule has 104 valence electrons. The predicted molar refractivity (Wildman–Crippen MR) is 86.0 cm³/mol. The van der Waals surface area contributed by atoms with Crippen LogP contribution in [-0.2, 0) is 11.3 Å². The summed E-state index contributed by atoms with van der Waals surface area (Å²) in [6, 6.07) is 8.01. The number of amides is 1. The van der Waals surface area contributed by atoms with Crippen molar-refractivity contribution in [2.24, 2.45) is 0 Å². The Kier molecular flexibility index (Phi) is 6.07. The van der Waals surface area contributed by atoms with Gasteiger partial charge in [-0.1, -0.05) is 12.1 Å². The van der Waals surface area contributed by atoms with Gasteiger partial charge in [0.05, 0.1) is 0 Å². The smallest absolute Gasteiger partial charge is 0.221 e. The van der Waals surface area contributed by atoms with Crippen molar-refractivity contribution < 1.29 is 4.79 Å². The summed E-state index contributed by atoms with van der Waals surface area (Å²) in [7, 11) is 0. The summed E-state index contributed by atoms with van der Waals surface area (Å²) in [4.78, 5) is 10.9. The van der Waals surface area contributed by atoms with Gasteiger partial charge in [-0.05, 0) is 17.7 Å². The molecule has 1 saturated heterocycles. The quantitative estimate of drug-likeness (QED) is 0.876. The monoisotopic (exact) mass is 296 g/mol. The van der Waals surface area contributed by atoms with Gasteiger partial charge in [-0.3, -0.25) is 4.79 Å². The second-order valence-corrected chi connectivity index (χ2v) is 7.13. The SMILES string of the molecule is CC(=O)Nc1ccc(CNC[C@H]2CSCCS2)cc1. The van der Waals surface area contributed by atoms with Crippen molar-refractivity contribution in [1.82, 2.24) is 5.32 Å². The number of carbonyl (C=O) groups is 1. The van der Waals surface area contributed by atoms with Gasteiger partial charge in [-0.15, -0.1) is 0 Å². The molecule has 0 bridgehead atoms. The van der Waals surface area contributed by atoms with E-state index >= 15 is 0 Å². The number of hydrogen-bond donors (Lipinski definition) is 2. The average molecular weight is 296 g/mol. The Hall–Kier alpha value is -0.650. The maximum absolute atomic E-state index is 10.9. The first-order valence-electron chi connectivity index (χ1n) is 6.50. The van der Waals surface area contributed by atoms with Gasteiger partial charge < -0.3 is 10.6 Å². The van der Waals surface area contributed by atoms with Crippen LogP contribution in [0.1, 0.15) is 12.5 Å². The van der Waals surface area contributed by atoms with Crippen LogP contribution in [0.25, 0.3) is 0 Å². The highest BCUT2D eigenvalue weighted by molar-refractivity contribution is 8.06. The third-order valence-corrected chi connectivity index (χ3v) is 5.71. The molecule has 2 N–H and O–H groups in total. The topological polar surface area (TPSA) is 41.1 Å². The van der Waals surface area contributed by atoms with E-state index in [0.29, 0.717) is 0 Å². The third-order valence-electron chi connectivity index (χ3n) is 2.86. The minimum Gasteiger partial charge on any atom is -0.326 e. The highest BCUT2D eigenvalue weighted by atomic mass is 32.2. The Morgan fingerprint density at radius 2 is 2.11 bits per heavy atom. The number of benzene rings is 1. The lowest BCUT2D eigenvalue weighted by Gasteiger charge is -2.21. The van der Waals surface area contributed by atoms with E-state index in [1.165, 1.54) is 29.7 Å². The second-order valence-electron chi connectivity index (χ2n) is 4.58. The number of nitrogens with one attached hydrogen (secondary N) is 2. The van der Waals surface area contributed by atoms with Crippen molar-refractivity contribution in [1.29, 1.82) is 0 Å². The summed E-state index contributed by atoms with van der Waals surface area (Å²) < 4.78 is 0. The lowest BCUT2D eigenvalue weighted by atomic mass is 10.2. The molecule has 0 aromatic heterocycles. The van der Waals surface area contributed by atoms with E-state index in [1.54, 1.807) is 0 Å². The number of thioether (sulfide) groups is 2. The highest BCUT2D eigenvalue weighted by Crippen LogP contribution is 2.23. The van der Waals surface area contributed by atoms with E-state index in [-0.39, 0.29) is 5.91 Å². The maximum atomic E-state index is 10.9. The molecule has 19 heavy (non-hydrogen) atoms. The van der Waals surface area contributed by atoms with Crippen LogP contribution in [0.3, 0.4) is 0 Å². The maximum Gasteiger partial charge on any atom is 0.221 e. The summed E-state index contributed by atoms with van der Waals surface area (Å²) in [6.07, 6.45) is 0. The Balaban J connectivity index is 1.71. The van der Waals surface area contributed by atoms with Gasteiger partial charge in [-0.25, -0.2) is 0 Å². The van der Waals surface area contributed by atoms with Gasteiger partial charge in [0.15, 0.2) is 0 Å². The lowest BCUT2D eigenvalue weighted by Crippen LogP contribution is -2.28. The zero-order valence-corrected chi connectivity index (χ0v) is 12.8. The zero-order valence-electron chi connectivity index (χ0n) is 11.1. The lowest BCUT2D eigenvalue weighted by molar-refractivity contribution is -0.114. The fourth-order valence-corrected chi connectivity index (χ4v) is 4.59. The summed E-state index contributed by atoms with van der Waals surface area (Å²) in [6.45, 7) is 3.49. The van der Waals surface area contributed by atoms with Gasteiger partial charge in [0.25, 0.3) is 0 Å². The highest BCUT2D eigenvalue weighted by Gasteiger charge is 2.13. The van der Waals surface area contributed by atoms with Crippen molar-refractivity contribution in [2.45, 2.75) is 18.7 Å². The summed E-state index contributed by atoms with van der Waals surface area (Å²) in [5, 5.41) is 7.03. The van der Waals surface area contributed by atoms with E-state index in [9.17, 15) is 4.79 Å². The van der Waals surface area contributed by atoms with E-state index in [2.05, 4.69) is 46.3 Å². The van der Waals surface area contributed by atoms with Crippen LogP contribution in [0.15, 0.2) is 24.3 Å². The molecule has 1 aromatic carbocycles. The Bertz CT molecular complexity index is 402. The molecule has 3 nitrogen and oxygen atoms in total. The Morgan fingerprint density at radius 1 is 1.32 bits per heavy atom. The fraction of sp³-hybridized carbons (Fsp3) is 0.500. The molecule has 1 aliphatic rings. The van der Waals surface area contributed by atoms with Crippen molar-refractivity contribution >= 4 is 35.1 Å². The number of anilines is 1. The van der Waals surface area contributed by atoms with Gasteiger partial charge in [0.2, 0.25) is 5.91 Å². The van der Waals surface area contributed by atoms with Gasteiger partial charge >= 0.3 is 0 Å². The molecule has 1 amide bonds. The molecule has 2 rings (SSSR count). The molecule has 1 heterocycles. The molecule has 0 saturated carbocycles. The fourth-order valence-electron chi connectivity index (χ4n) is 1.94. The molecule has 1 aromatic rings. The molecule has 0 aliphatic carbocycles. The van der Waals surface area contributed by atoms with Crippen molar-refractivity contribution in [2.75, 3.05) is 29.1 Å². The first-order valence-corrected chi connectivity index (χ1v) is 8.71. The normalized spacial score (nSPS) is 19.1. The first kappa shape index (κ1) is 14.8. The summed E-state index contributed by atoms with van der Waals surface area (Å²) in [5.74, 6) is 3.81. The molecule has 0 spiro atoms. The van der Waals surface area contributed by atoms with E-state index in [1.807, 2.05) is 12.1 Å². The number of rotatable bonds is 5. The Labute approximate surface area is 123 Å². The predicted octanol–water partition coefficient (Wildman–Crippen LogP) is 2.58. The van der Waals surface area contributed by atoms with Crippen LogP contribution in [-0.4, -0.2) is 35.0 Å². The van der Waals surface area contributed by atoms with E-state index in [0.717, 1.165) is 24.0 Å². The molecule has 1 atom stereocenters. The van der Waals surface area contributed by atoms with E-state index < -0.39 is 0 Å². The second kappa shape index (κ2) is 7.82. The molecule has 0 unspecified atom stereocenters. The van der Waals surface area contributed by atoms with Crippen LogP contribution in [0.2, 0.25) is 0 Å². The number of hydrogen-bond acceptors (Lipinski definition) is 4. The largest absolute Gasteiger partial charge is 0.326 e. The van der Waals surface area contributed by atoms with Crippen molar-refractivity contribution in [3.8, 4) is 0 Å². The summed E-state index contributed by atoms with van der Waals surface area (Å²) >= 11 is 4.13. The Morgan fingerprint density at radius 3 is 2.74 bits per heavy atom. The molecular formula is C14H20N2OS2. The standard InChI is InChI=1S/C14H20N2OS2/c1-11(17)16-13-4-2-12(3-5-13)8-15-9-14-10-18-6-7-19-14/h2-5,14-15H,6-10H2,1H3,(H,16,17)/t14-/m0/s1. The average Bonchev–Trinajstić information content (AvgIpc) is 2.41. The van der Waals surface area contributed by atoms with Crippen LogP contribution in [0.4, 0.5) is 5.69 Å². The summed E-state index contributed by atoms with van der Waals surface area (Å²) in [5.41, 5.74) is 2.11. The van der Waals surface area contributed by atoms with Crippen LogP contribution < -0.4 is 10.6 Å². The molecular weight excluding hydrogens is 276 g/mol. The van der Waals surface area contributed by atoms with Crippen LogP contribution in [0.5, 0.6) is 0 Å². The zero-order chi connectivity index (χ0) is 13.5. The van der Waals surface area contributed by atoms with Gasteiger partial charge in [0.1, 0.15) is 0 Å². The molecule has 5 heteroatoms. The molecule has 1 fully saturated rings. The minimum atomic E-state index is -0.0299. The van der Waals surface area contributed by atoms with Crippen molar-refractivity contribution in [3.63, 3.8) is 0 Å². The first-order chi connectivity index (χ1) is 9.24. The minimum absolute atomic E-state index is 0.0299.